The van der Waals surface area contributed by atoms with Crippen LogP contribution in [0, 0.1) is 13.8 Å². The largest absolute Gasteiger partial charge is 0.396 e. The summed E-state index contributed by atoms with van der Waals surface area (Å²) in [6, 6.07) is 17.7. The summed E-state index contributed by atoms with van der Waals surface area (Å²) in [7, 11) is 0. The van der Waals surface area contributed by atoms with Gasteiger partial charge in [0.05, 0.1) is 16.8 Å². The van der Waals surface area contributed by atoms with E-state index in [1.54, 1.807) is 59.1 Å². The highest BCUT2D eigenvalue weighted by Gasteiger charge is 2.26. The third kappa shape index (κ3) is 3.44. The fourth-order valence-electron chi connectivity index (χ4n) is 3.48. The lowest BCUT2D eigenvalue weighted by Crippen LogP contribution is -2.14. The average molecular weight is 418 g/mol. The molecule has 0 atom stereocenters. The predicted octanol–water partition coefficient (Wildman–Crippen LogP) is 5.28. The molecule has 0 saturated heterocycles. The van der Waals surface area contributed by atoms with Crippen molar-refractivity contribution in [3.8, 4) is 0 Å². The maximum atomic E-state index is 13.3. The van der Waals surface area contributed by atoms with Crippen molar-refractivity contribution in [3.63, 3.8) is 0 Å². The van der Waals surface area contributed by atoms with Gasteiger partial charge in [0.1, 0.15) is 5.69 Å². The summed E-state index contributed by atoms with van der Waals surface area (Å²) in [5.74, 6) is -0.642. The number of aromatic nitrogens is 1. The molecule has 0 aliphatic rings. The molecule has 0 spiro atoms. The Bertz CT molecular complexity index is 1310. The Morgan fingerprint density at radius 3 is 2.50 bits per heavy atom. The van der Waals surface area contributed by atoms with Crippen molar-refractivity contribution in [3.05, 3.63) is 99.8 Å². The summed E-state index contributed by atoms with van der Waals surface area (Å²) >= 11 is 6.01. The van der Waals surface area contributed by atoms with Gasteiger partial charge in [-0.15, -0.1) is 0 Å². The molecule has 0 bridgehead atoms. The number of carbonyl (C=O) groups is 2. The summed E-state index contributed by atoms with van der Waals surface area (Å²) in [6.45, 7) is 3.94. The van der Waals surface area contributed by atoms with Gasteiger partial charge < -0.3 is 15.5 Å². The number of rotatable bonds is 4. The number of nitrogens with zero attached hydrogens (tertiary/aromatic N) is 1. The molecule has 2 aromatic carbocycles. The highest BCUT2D eigenvalue weighted by molar-refractivity contribution is 6.31. The van der Waals surface area contributed by atoms with Crippen molar-refractivity contribution in [2.75, 3.05) is 11.1 Å². The zero-order valence-electron chi connectivity index (χ0n) is 16.6. The zero-order chi connectivity index (χ0) is 21.4. The molecule has 30 heavy (non-hydrogen) atoms. The predicted molar refractivity (Wildman–Crippen MR) is 121 cm³/mol. The highest BCUT2D eigenvalue weighted by atomic mass is 35.5. The SMILES string of the molecule is Cc1ccc(C(=O)c2c(N)c(C(=O)Nc3cccc(Cl)c3)c3ccccn23)cc1C. The number of nitrogens with one attached hydrogen (secondary N) is 1. The topological polar surface area (TPSA) is 76.6 Å². The fraction of sp³-hybridized carbons (Fsp3) is 0.0833. The van der Waals surface area contributed by atoms with Crippen LogP contribution in [0.2, 0.25) is 5.02 Å². The number of ketones is 1. The van der Waals surface area contributed by atoms with Gasteiger partial charge in [-0.2, -0.15) is 0 Å². The molecule has 0 fully saturated rings. The van der Waals surface area contributed by atoms with E-state index in [-0.39, 0.29) is 22.7 Å². The van der Waals surface area contributed by atoms with E-state index in [1.165, 1.54) is 0 Å². The lowest BCUT2D eigenvalue weighted by molar-refractivity contribution is 0.102. The highest BCUT2D eigenvalue weighted by Crippen LogP contribution is 2.30. The molecule has 150 valence electrons. The second kappa shape index (κ2) is 7.69. The van der Waals surface area contributed by atoms with Gasteiger partial charge in [-0.3, -0.25) is 9.59 Å². The van der Waals surface area contributed by atoms with Gasteiger partial charge in [-0.05, 0) is 61.4 Å². The van der Waals surface area contributed by atoms with Gasteiger partial charge in [-0.25, -0.2) is 0 Å². The monoisotopic (exact) mass is 417 g/mol. The third-order valence-electron chi connectivity index (χ3n) is 5.18. The molecule has 0 saturated carbocycles. The molecule has 0 radical (unpaired) electrons. The second-order valence-corrected chi connectivity index (χ2v) is 7.62. The van der Waals surface area contributed by atoms with Crippen LogP contribution in [-0.2, 0) is 0 Å². The maximum Gasteiger partial charge on any atom is 0.259 e. The molecule has 0 aliphatic heterocycles. The molecule has 4 aromatic rings. The molecule has 1 amide bonds. The Morgan fingerprint density at radius 2 is 1.77 bits per heavy atom. The second-order valence-electron chi connectivity index (χ2n) is 7.19. The molecule has 2 heterocycles. The van der Waals surface area contributed by atoms with Crippen LogP contribution in [-0.4, -0.2) is 16.1 Å². The standard InChI is InChI=1S/C24H20ClN3O2/c1-14-9-10-16(12-15(14)2)23(29)22-21(26)20(19-8-3-4-11-28(19)22)24(30)27-18-7-5-6-17(25)13-18/h3-13H,26H2,1-2H3,(H,27,30). The smallest absolute Gasteiger partial charge is 0.259 e. The van der Waals surface area contributed by atoms with Crippen molar-refractivity contribution in [2.45, 2.75) is 13.8 Å². The lowest BCUT2D eigenvalue weighted by Gasteiger charge is -2.07. The first-order valence-electron chi connectivity index (χ1n) is 9.44. The molecule has 5 nitrogen and oxygen atoms in total. The van der Waals surface area contributed by atoms with Crippen LogP contribution < -0.4 is 11.1 Å². The van der Waals surface area contributed by atoms with E-state index in [2.05, 4.69) is 5.32 Å². The van der Waals surface area contributed by atoms with Crippen LogP contribution in [0.15, 0.2) is 66.9 Å². The number of hydrogen-bond donors (Lipinski definition) is 2. The Balaban J connectivity index is 1.82. The molecular weight excluding hydrogens is 398 g/mol. The summed E-state index contributed by atoms with van der Waals surface area (Å²) in [6.07, 6.45) is 1.73. The minimum Gasteiger partial charge on any atom is -0.396 e. The van der Waals surface area contributed by atoms with Gasteiger partial charge in [-0.1, -0.05) is 35.9 Å². The van der Waals surface area contributed by atoms with Gasteiger partial charge >= 0.3 is 0 Å². The average Bonchev–Trinajstić information content (AvgIpc) is 3.01. The van der Waals surface area contributed by atoms with Crippen LogP contribution >= 0.6 is 11.6 Å². The summed E-state index contributed by atoms with van der Waals surface area (Å²) in [5.41, 5.74) is 10.8. The minimum atomic E-state index is -0.405. The van der Waals surface area contributed by atoms with Gasteiger partial charge in [0.15, 0.2) is 0 Å². The number of pyridine rings is 1. The number of nitrogens with two attached hydrogens (primary N) is 1. The van der Waals surface area contributed by atoms with Crippen LogP contribution in [0.4, 0.5) is 11.4 Å². The Labute approximate surface area is 179 Å². The van der Waals surface area contributed by atoms with Crippen molar-refractivity contribution in [1.82, 2.24) is 4.40 Å². The summed E-state index contributed by atoms with van der Waals surface area (Å²) in [4.78, 5) is 26.4. The number of carbonyl (C=O) groups excluding carboxylic acids is 2. The fourth-order valence-corrected chi connectivity index (χ4v) is 3.67. The van der Waals surface area contributed by atoms with Crippen molar-refractivity contribution < 1.29 is 9.59 Å². The molecule has 3 N–H and O–H groups in total. The van der Waals surface area contributed by atoms with E-state index >= 15 is 0 Å². The van der Waals surface area contributed by atoms with Crippen molar-refractivity contribution >= 4 is 40.2 Å². The lowest BCUT2D eigenvalue weighted by atomic mass is 10.0. The number of nitrogen functional groups attached to an aromatic ring is 1. The number of fused-ring (bicyclic) bond motifs is 1. The number of anilines is 2. The van der Waals surface area contributed by atoms with Crippen LogP contribution in [0.1, 0.15) is 37.5 Å². The van der Waals surface area contributed by atoms with Gasteiger partial charge in [0.2, 0.25) is 5.78 Å². The quantitative estimate of drug-likeness (QED) is 0.444. The number of halogens is 1. The number of amides is 1. The van der Waals surface area contributed by atoms with E-state index in [0.717, 1.165) is 11.1 Å². The number of aryl methyl sites for hydroxylation is 2. The Kier molecular flexibility index (Phi) is 5.06. The Hall–Kier alpha value is -3.57. The van der Waals surface area contributed by atoms with Gasteiger partial charge in [0, 0.05) is 22.5 Å². The van der Waals surface area contributed by atoms with E-state index in [9.17, 15) is 9.59 Å². The van der Waals surface area contributed by atoms with Gasteiger partial charge in [0.25, 0.3) is 5.91 Å². The summed E-state index contributed by atoms with van der Waals surface area (Å²) < 4.78 is 1.67. The Morgan fingerprint density at radius 1 is 0.967 bits per heavy atom. The minimum absolute atomic E-state index is 0.143. The first-order valence-corrected chi connectivity index (χ1v) is 9.82. The molecule has 0 unspecified atom stereocenters. The summed E-state index contributed by atoms with van der Waals surface area (Å²) in [5, 5.41) is 3.32. The molecule has 0 aliphatic carbocycles. The van der Waals surface area contributed by atoms with Crippen LogP contribution in [0.25, 0.3) is 5.52 Å². The first-order chi connectivity index (χ1) is 14.4. The number of hydrogen-bond acceptors (Lipinski definition) is 3. The normalized spacial score (nSPS) is 10.9. The first kappa shape index (κ1) is 19.7. The molecular formula is C24H20ClN3O2. The number of benzene rings is 2. The van der Waals surface area contributed by atoms with Crippen LogP contribution in [0.3, 0.4) is 0 Å². The molecule has 6 heteroatoms. The maximum absolute atomic E-state index is 13.3. The third-order valence-corrected chi connectivity index (χ3v) is 5.41. The van der Waals surface area contributed by atoms with E-state index in [1.807, 2.05) is 26.0 Å². The molecule has 4 rings (SSSR count). The van der Waals surface area contributed by atoms with Crippen LogP contribution in [0.5, 0.6) is 0 Å². The zero-order valence-corrected chi connectivity index (χ0v) is 17.3. The van der Waals surface area contributed by atoms with E-state index in [0.29, 0.717) is 21.8 Å². The van der Waals surface area contributed by atoms with E-state index < -0.39 is 5.91 Å². The van der Waals surface area contributed by atoms with Crippen molar-refractivity contribution in [2.24, 2.45) is 0 Å². The van der Waals surface area contributed by atoms with E-state index in [4.69, 9.17) is 17.3 Å². The van der Waals surface area contributed by atoms with Crippen molar-refractivity contribution in [1.29, 1.82) is 0 Å². The molecule has 2 aromatic heterocycles.